The van der Waals surface area contributed by atoms with Crippen LogP contribution in [-0.2, 0) is 4.79 Å². The van der Waals surface area contributed by atoms with E-state index in [0.717, 1.165) is 27.2 Å². The van der Waals surface area contributed by atoms with Crippen molar-refractivity contribution in [2.24, 2.45) is 0 Å². The quantitative estimate of drug-likeness (QED) is 0.291. The maximum atomic E-state index is 11.9. The van der Waals surface area contributed by atoms with Gasteiger partial charge in [-0.3, -0.25) is 9.78 Å². The van der Waals surface area contributed by atoms with Gasteiger partial charge in [0.05, 0.1) is 24.5 Å². The lowest BCUT2D eigenvalue weighted by Gasteiger charge is -2.29. The van der Waals surface area contributed by atoms with E-state index in [-0.39, 0.29) is 18.0 Å². The first-order chi connectivity index (χ1) is 17.5. The highest BCUT2D eigenvalue weighted by Gasteiger charge is 2.42. The van der Waals surface area contributed by atoms with E-state index in [1.165, 1.54) is 6.92 Å². The normalized spacial score (nSPS) is 17.1. The molecule has 0 saturated carbocycles. The van der Waals surface area contributed by atoms with Crippen molar-refractivity contribution in [2.75, 3.05) is 17.3 Å². The Morgan fingerprint density at radius 1 is 1.08 bits per heavy atom. The van der Waals surface area contributed by atoms with Crippen molar-refractivity contribution in [3.63, 3.8) is 0 Å². The number of methoxy groups -OCH3 is 1. The van der Waals surface area contributed by atoms with Crippen molar-refractivity contribution >= 4 is 50.5 Å². The predicted octanol–water partition coefficient (Wildman–Crippen LogP) is 5.78. The molecule has 0 radical (unpaired) electrons. The minimum Gasteiger partial charge on any atom is -0.495 e. The summed E-state index contributed by atoms with van der Waals surface area (Å²) in [5, 5.41) is 6.92. The zero-order valence-electron chi connectivity index (χ0n) is 19.7. The van der Waals surface area contributed by atoms with Crippen LogP contribution < -0.4 is 20.3 Å². The highest BCUT2D eigenvalue weighted by Crippen LogP contribution is 2.43. The van der Waals surface area contributed by atoms with Gasteiger partial charge in [0.25, 0.3) is 0 Å². The number of anilines is 2. The summed E-state index contributed by atoms with van der Waals surface area (Å²) in [6.07, 6.45) is 3.83. The Balaban J connectivity index is 1.66. The van der Waals surface area contributed by atoms with E-state index in [9.17, 15) is 4.79 Å². The summed E-state index contributed by atoms with van der Waals surface area (Å²) in [4.78, 5) is 18.6. The number of benzene rings is 2. The molecule has 0 aliphatic carbocycles. The van der Waals surface area contributed by atoms with Gasteiger partial charge in [-0.05, 0) is 78.9 Å². The van der Waals surface area contributed by atoms with Gasteiger partial charge in [-0.1, -0.05) is 22.0 Å². The molecule has 36 heavy (non-hydrogen) atoms. The number of halogens is 1. The fraction of sp³-hybridized carbons (Fsp3) is 0.148. The van der Waals surface area contributed by atoms with Gasteiger partial charge in [-0.15, -0.1) is 0 Å². The summed E-state index contributed by atoms with van der Waals surface area (Å²) in [7, 11) is 1.58. The molecule has 4 aromatic rings. The van der Waals surface area contributed by atoms with E-state index in [2.05, 4.69) is 59.2 Å². The lowest BCUT2D eigenvalue weighted by molar-refractivity contribution is -0.114. The van der Waals surface area contributed by atoms with Gasteiger partial charge in [0, 0.05) is 40.9 Å². The number of amides is 1. The summed E-state index contributed by atoms with van der Waals surface area (Å²) in [5.41, 5.74) is 4.35. The van der Waals surface area contributed by atoms with Crippen LogP contribution in [-0.4, -0.2) is 27.7 Å². The third kappa shape index (κ3) is 4.59. The van der Waals surface area contributed by atoms with Crippen LogP contribution >= 0.6 is 28.1 Å². The zero-order valence-corrected chi connectivity index (χ0v) is 22.1. The average Bonchev–Trinajstić information content (AvgIpc) is 3.49. The lowest BCUT2D eigenvalue weighted by atomic mass is 10.0. The van der Waals surface area contributed by atoms with Gasteiger partial charge >= 0.3 is 0 Å². The van der Waals surface area contributed by atoms with Crippen molar-refractivity contribution in [1.29, 1.82) is 0 Å². The van der Waals surface area contributed by atoms with Gasteiger partial charge in [0.2, 0.25) is 5.91 Å². The Morgan fingerprint density at radius 3 is 2.56 bits per heavy atom. The topological polar surface area (TPSA) is 71.4 Å². The van der Waals surface area contributed by atoms with Crippen LogP contribution in [0.5, 0.6) is 5.75 Å². The van der Waals surface area contributed by atoms with Crippen LogP contribution in [0.1, 0.15) is 30.4 Å². The van der Waals surface area contributed by atoms with Crippen LogP contribution in [0.25, 0.3) is 5.69 Å². The van der Waals surface area contributed by atoms with Gasteiger partial charge in [-0.2, -0.15) is 0 Å². The number of hydrogen-bond acceptors (Lipinski definition) is 4. The third-order valence-corrected chi connectivity index (χ3v) is 6.90. The van der Waals surface area contributed by atoms with Crippen molar-refractivity contribution in [3.8, 4) is 11.4 Å². The number of nitrogens with zero attached hydrogens (tertiary/aromatic N) is 3. The summed E-state index contributed by atoms with van der Waals surface area (Å²) < 4.78 is 8.64. The van der Waals surface area contributed by atoms with Crippen LogP contribution in [0.15, 0.2) is 89.7 Å². The molecule has 1 fully saturated rings. The molecule has 7 nitrogen and oxygen atoms in total. The molecule has 182 valence electrons. The number of ether oxygens (including phenoxy) is 1. The second kappa shape index (κ2) is 10.1. The Bertz CT molecular complexity index is 1410. The molecule has 1 amide bonds. The number of carbonyl (C=O) groups excluding carboxylic acids is 1. The largest absolute Gasteiger partial charge is 0.495 e. The standard InChI is InChI=1S/C27H24BrN5O2S/c1-17(34)30-22-16-20(12-13-24(22)35-2)33-26(25(31-27(33)36)21-6-3-4-14-29-21)23-7-5-15-32(23)19-10-8-18(28)9-11-19/h3-16,25-26H,1-2H3,(H,30,34)(H,31,36)/t25-,26-/m1/s1. The number of thiocarbonyl (C=S) groups is 1. The van der Waals surface area contributed by atoms with E-state index in [1.54, 1.807) is 13.3 Å². The Labute approximate surface area is 223 Å². The first-order valence-corrected chi connectivity index (χ1v) is 12.6. The summed E-state index contributed by atoms with van der Waals surface area (Å²) in [6, 6.07) is 23.4. The number of carbonyl (C=O) groups is 1. The molecule has 1 saturated heterocycles. The molecule has 2 atom stereocenters. The van der Waals surface area contributed by atoms with Crippen molar-refractivity contribution in [1.82, 2.24) is 14.9 Å². The third-order valence-electron chi connectivity index (χ3n) is 6.06. The van der Waals surface area contributed by atoms with Gasteiger partial charge in [-0.25, -0.2) is 0 Å². The van der Waals surface area contributed by atoms with E-state index in [0.29, 0.717) is 16.5 Å². The lowest BCUT2D eigenvalue weighted by Crippen LogP contribution is -2.30. The smallest absolute Gasteiger partial charge is 0.221 e. The van der Waals surface area contributed by atoms with Gasteiger partial charge < -0.3 is 24.8 Å². The highest BCUT2D eigenvalue weighted by atomic mass is 79.9. The zero-order chi connectivity index (χ0) is 25.2. The van der Waals surface area contributed by atoms with Crippen LogP contribution in [0.3, 0.4) is 0 Å². The minimum atomic E-state index is -0.218. The maximum Gasteiger partial charge on any atom is 0.221 e. The molecular weight excluding hydrogens is 538 g/mol. The number of nitrogens with one attached hydrogen (secondary N) is 2. The van der Waals surface area contributed by atoms with Crippen LogP contribution in [0, 0.1) is 0 Å². The first-order valence-electron chi connectivity index (χ1n) is 11.4. The monoisotopic (exact) mass is 561 g/mol. The molecule has 0 bridgehead atoms. The highest BCUT2D eigenvalue weighted by molar-refractivity contribution is 9.10. The number of pyridine rings is 1. The minimum absolute atomic E-state index is 0.181. The molecule has 2 aromatic heterocycles. The van der Waals surface area contributed by atoms with Crippen LogP contribution in [0.2, 0.25) is 0 Å². The molecule has 9 heteroatoms. The summed E-state index contributed by atoms with van der Waals surface area (Å²) in [5.74, 6) is 0.391. The second-order valence-electron chi connectivity index (χ2n) is 8.34. The van der Waals surface area contributed by atoms with Crippen molar-refractivity contribution in [3.05, 3.63) is 101 Å². The predicted molar refractivity (Wildman–Crippen MR) is 149 cm³/mol. The fourth-order valence-corrected chi connectivity index (χ4v) is 5.15. The van der Waals surface area contributed by atoms with E-state index < -0.39 is 0 Å². The molecule has 1 aliphatic rings. The number of rotatable bonds is 6. The summed E-state index contributed by atoms with van der Waals surface area (Å²) >= 11 is 9.40. The van der Waals surface area contributed by atoms with Gasteiger partial charge in [0.15, 0.2) is 5.11 Å². The van der Waals surface area contributed by atoms with E-state index >= 15 is 0 Å². The van der Waals surface area contributed by atoms with Crippen LogP contribution in [0.4, 0.5) is 11.4 Å². The maximum absolute atomic E-state index is 11.9. The average molecular weight is 562 g/mol. The fourth-order valence-electron chi connectivity index (χ4n) is 4.54. The Morgan fingerprint density at radius 2 is 1.86 bits per heavy atom. The first kappa shape index (κ1) is 24.0. The summed E-state index contributed by atoms with van der Waals surface area (Å²) in [6.45, 7) is 1.47. The number of hydrogen-bond donors (Lipinski definition) is 2. The molecule has 0 unspecified atom stereocenters. The van der Waals surface area contributed by atoms with Crippen molar-refractivity contribution < 1.29 is 9.53 Å². The SMILES string of the molecule is COc1ccc(N2C(=S)N[C@H](c3ccccn3)[C@H]2c2cccn2-c2ccc(Br)cc2)cc1NC(C)=O. The molecule has 1 aliphatic heterocycles. The van der Waals surface area contributed by atoms with Crippen molar-refractivity contribution in [2.45, 2.75) is 19.0 Å². The molecule has 0 spiro atoms. The van der Waals surface area contributed by atoms with E-state index in [4.69, 9.17) is 17.0 Å². The molecular formula is C27H24BrN5O2S. The molecule has 5 rings (SSSR count). The molecule has 2 aromatic carbocycles. The molecule has 2 N–H and O–H groups in total. The molecule has 3 heterocycles. The Hall–Kier alpha value is -3.69. The number of aromatic nitrogens is 2. The van der Waals surface area contributed by atoms with Gasteiger partial charge in [0.1, 0.15) is 11.8 Å². The Kier molecular flexibility index (Phi) is 6.75. The second-order valence-corrected chi connectivity index (χ2v) is 9.64. The van der Waals surface area contributed by atoms with E-state index in [1.807, 2.05) is 60.8 Å².